The minimum absolute atomic E-state index is 0.239. The number of halogens is 2. The van der Waals surface area contributed by atoms with E-state index in [0.29, 0.717) is 10.8 Å². The Morgan fingerprint density at radius 3 is 2.64 bits per heavy atom. The summed E-state index contributed by atoms with van der Waals surface area (Å²) in [5, 5.41) is 2.65. The minimum atomic E-state index is -0.239. The van der Waals surface area contributed by atoms with Crippen molar-refractivity contribution in [3.8, 4) is 17.0 Å². The summed E-state index contributed by atoms with van der Waals surface area (Å²) in [6.45, 7) is 2.94. The Bertz CT molecular complexity index is 931. The first-order chi connectivity index (χ1) is 12.1. The van der Waals surface area contributed by atoms with Gasteiger partial charge in [-0.25, -0.2) is 9.38 Å². The Kier molecular flexibility index (Phi) is 5.56. The minimum Gasteiger partial charge on any atom is -0.494 e. The van der Waals surface area contributed by atoms with Crippen LogP contribution in [0.15, 0.2) is 52.8 Å². The molecule has 0 aliphatic rings. The van der Waals surface area contributed by atoms with Gasteiger partial charge in [-0.05, 0) is 48.4 Å². The zero-order chi connectivity index (χ0) is 17.8. The molecule has 0 radical (unpaired) electrons. The van der Waals surface area contributed by atoms with E-state index in [4.69, 9.17) is 21.3 Å². The quantitative estimate of drug-likeness (QED) is 0.564. The SMILES string of the molecule is CCCn1c(-c2ccc(F)cc2)csc1=Nc1ccc(Cl)cc1OC. The molecule has 2 aromatic carbocycles. The number of nitrogens with zero attached hydrogens (tertiary/aromatic N) is 2. The Morgan fingerprint density at radius 1 is 1.20 bits per heavy atom. The first-order valence-electron chi connectivity index (χ1n) is 7.95. The van der Waals surface area contributed by atoms with E-state index in [1.807, 2.05) is 11.4 Å². The third-order valence-corrected chi connectivity index (χ3v) is 4.84. The average molecular weight is 377 g/mol. The summed E-state index contributed by atoms with van der Waals surface area (Å²) in [6, 6.07) is 11.9. The van der Waals surface area contributed by atoms with Crippen LogP contribution >= 0.6 is 22.9 Å². The van der Waals surface area contributed by atoms with Crippen LogP contribution in [-0.2, 0) is 6.54 Å². The molecular weight excluding hydrogens is 359 g/mol. The summed E-state index contributed by atoms with van der Waals surface area (Å²) in [4.78, 5) is 5.62. The second kappa shape index (κ2) is 7.85. The van der Waals surface area contributed by atoms with Gasteiger partial charge in [0.1, 0.15) is 17.3 Å². The van der Waals surface area contributed by atoms with E-state index < -0.39 is 0 Å². The van der Waals surface area contributed by atoms with E-state index in [2.05, 4.69) is 11.5 Å². The fraction of sp³-hybridized carbons (Fsp3) is 0.211. The molecule has 0 aliphatic carbocycles. The highest BCUT2D eigenvalue weighted by Gasteiger charge is 2.09. The molecule has 0 unspecified atom stereocenters. The normalized spacial score (nSPS) is 11.8. The number of aromatic nitrogens is 1. The standard InChI is InChI=1S/C19H18ClFN2OS/c1-3-10-23-17(13-4-7-15(21)8-5-13)12-25-19(23)22-16-9-6-14(20)11-18(16)24-2/h4-9,11-12H,3,10H2,1-2H3. The summed E-state index contributed by atoms with van der Waals surface area (Å²) in [5.41, 5.74) is 2.72. The lowest BCUT2D eigenvalue weighted by Crippen LogP contribution is -2.15. The monoisotopic (exact) mass is 376 g/mol. The molecule has 0 spiro atoms. The van der Waals surface area contributed by atoms with Crippen LogP contribution in [0.3, 0.4) is 0 Å². The molecule has 0 saturated heterocycles. The van der Waals surface area contributed by atoms with Gasteiger partial charge < -0.3 is 9.30 Å². The van der Waals surface area contributed by atoms with Crippen molar-refractivity contribution in [1.82, 2.24) is 4.57 Å². The summed E-state index contributed by atoms with van der Waals surface area (Å²) in [7, 11) is 1.60. The number of thiazole rings is 1. The van der Waals surface area contributed by atoms with Gasteiger partial charge in [-0.1, -0.05) is 18.5 Å². The van der Waals surface area contributed by atoms with Gasteiger partial charge in [0.2, 0.25) is 0 Å². The maximum Gasteiger partial charge on any atom is 0.190 e. The van der Waals surface area contributed by atoms with Crippen LogP contribution in [0.1, 0.15) is 13.3 Å². The Hall–Kier alpha value is -2.11. The van der Waals surface area contributed by atoms with E-state index >= 15 is 0 Å². The lowest BCUT2D eigenvalue weighted by Gasteiger charge is -2.08. The summed E-state index contributed by atoms with van der Waals surface area (Å²) in [6.07, 6.45) is 0.968. The van der Waals surface area contributed by atoms with E-state index in [9.17, 15) is 4.39 Å². The highest BCUT2D eigenvalue weighted by molar-refractivity contribution is 7.07. The van der Waals surface area contributed by atoms with E-state index in [-0.39, 0.29) is 5.82 Å². The van der Waals surface area contributed by atoms with Crippen molar-refractivity contribution in [2.24, 2.45) is 4.99 Å². The van der Waals surface area contributed by atoms with Crippen molar-refractivity contribution in [2.75, 3.05) is 7.11 Å². The van der Waals surface area contributed by atoms with Gasteiger partial charge in [-0.3, -0.25) is 0 Å². The maximum absolute atomic E-state index is 13.2. The van der Waals surface area contributed by atoms with Gasteiger partial charge in [0.15, 0.2) is 4.80 Å². The number of ether oxygens (including phenoxy) is 1. The number of methoxy groups -OCH3 is 1. The Labute approximate surface area is 155 Å². The first kappa shape index (κ1) is 17.7. The van der Waals surface area contributed by atoms with Crippen LogP contribution in [0, 0.1) is 5.82 Å². The smallest absolute Gasteiger partial charge is 0.190 e. The van der Waals surface area contributed by atoms with Crippen molar-refractivity contribution in [3.05, 3.63) is 63.5 Å². The molecule has 3 aromatic rings. The predicted octanol–water partition coefficient (Wildman–Crippen LogP) is 5.66. The summed E-state index contributed by atoms with van der Waals surface area (Å²) >= 11 is 7.57. The lowest BCUT2D eigenvalue weighted by molar-refractivity contribution is 0.416. The average Bonchev–Trinajstić information content (AvgIpc) is 3.00. The molecule has 0 atom stereocenters. The molecule has 3 nitrogen and oxygen atoms in total. The van der Waals surface area contributed by atoms with Crippen LogP contribution in [0.5, 0.6) is 5.75 Å². The zero-order valence-electron chi connectivity index (χ0n) is 14.0. The van der Waals surface area contributed by atoms with Crippen molar-refractivity contribution in [2.45, 2.75) is 19.9 Å². The molecule has 1 heterocycles. The molecule has 0 aliphatic heterocycles. The third-order valence-electron chi connectivity index (χ3n) is 3.74. The predicted molar refractivity (Wildman–Crippen MR) is 101 cm³/mol. The van der Waals surface area contributed by atoms with Crippen LogP contribution in [0.4, 0.5) is 10.1 Å². The van der Waals surface area contributed by atoms with Gasteiger partial charge in [0.05, 0.1) is 12.8 Å². The second-order valence-electron chi connectivity index (χ2n) is 5.49. The number of benzene rings is 2. The van der Waals surface area contributed by atoms with Gasteiger partial charge in [-0.15, -0.1) is 11.3 Å². The van der Waals surface area contributed by atoms with E-state index in [0.717, 1.165) is 34.7 Å². The van der Waals surface area contributed by atoms with E-state index in [1.165, 1.54) is 12.1 Å². The van der Waals surface area contributed by atoms with Crippen molar-refractivity contribution >= 4 is 28.6 Å². The Balaban J connectivity index is 2.12. The largest absolute Gasteiger partial charge is 0.494 e. The van der Waals surface area contributed by atoms with Crippen LogP contribution in [0.2, 0.25) is 5.02 Å². The maximum atomic E-state index is 13.2. The van der Waals surface area contributed by atoms with Crippen LogP contribution < -0.4 is 9.54 Å². The fourth-order valence-electron chi connectivity index (χ4n) is 2.56. The number of rotatable bonds is 5. The second-order valence-corrected chi connectivity index (χ2v) is 6.76. The molecular formula is C19H18ClFN2OS. The topological polar surface area (TPSA) is 26.5 Å². The van der Waals surface area contributed by atoms with E-state index in [1.54, 1.807) is 42.7 Å². The molecule has 3 rings (SSSR count). The van der Waals surface area contributed by atoms with Gasteiger partial charge in [0.25, 0.3) is 0 Å². The summed E-state index contributed by atoms with van der Waals surface area (Å²) < 4.78 is 20.7. The zero-order valence-corrected chi connectivity index (χ0v) is 15.6. The van der Waals surface area contributed by atoms with Gasteiger partial charge in [0, 0.05) is 23.0 Å². The number of hydrogen-bond acceptors (Lipinski definition) is 3. The Morgan fingerprint density at radius 2 is 1.96 bits per heavy atom. The highest BCUT2D eigenvalue weighted by atomic mass is 35.5. The molecule has 0 amide bonds. The fourth-order valence-corrected chi connectivity index (χ4v) is 3.67. The molecule has 6 heteroatoms. The van der Waals surface area contributed by atoms with Crippen molar-refractivity contribution < 1.29 is 9.13 Å². The molecule has 0 N–H and O–H groups in total. The molecule has 0 fully saturated rings. The number of hydrogen-bond donors (Lipinski definition) is 0. The van der Waals surface area contributed by atoms with Crippen LogP contribution in [-0.4, -0.2) is 11.7 Å². The lowest BCUT2D eigenvalue weighted by atomic mass is 10.1. The van der Waals surface area contributed by atoms with Gasteiger partial charge >= 0.3 is 0 Å². The molecule has 1 aromatic heterocycles. The van der Waals surface area contributed by atoms with Crippen molar-refractivity contribution in [3.63, 3.8) is 0 Å². The molecule has 130 valence electrons. The molecule has 25 heavy (non-hydrogen) atoms. The third kappa shape index (κ3) is 3.94. The van der Waals surface area contributed by atoms with Crippen molar-refractivity contribution in [1.29, 1.82) is 0 Å². The summed E-state index contributed by atoms with van der Waals surface area (Å²) in [5.74, 6) is 0.393. The highest BCUT2D eigenvalue weighted by Crippen LogP contribution is 2.30. The molecule has 0 saturated carbocycles. The molecule has 0 bridgehead atoms. The first-order valence-corrected chi connectivity index (χ1v) is 9.20. The van der Waals surface area contributed by atoms with Crippen LogP contribution in [0.25, 0.3) is 11.3 Å². The van der Waals surface area contributed by atoms with Gasteiger partial charge in [-0.2, -0.15) is 0 Å².